The van der Waals surface area contributed by atoms with E-state index in [1.165, 1.54) is 57.9 Å². The Morgan fingerprint density at radius 3 is 2.41 bits per heavy atom. The average Bonchev–Trinajstić information content (AvgIpc) is 2.82. The number of hydrogen-bond donors (Lipinski definition) is 1. The maximum atomic E-state index is 6.33. The molecule has 0 aromatic rings. The molecule has 2 heteroatoms. The predicted octanol–water partition coefficient (Wildman–Crippen LogP) is 3.01. The molecule has 0 spiro atoms. The Kier molecular flexibility index (Phi) is 4.87. The number of likely N-dealkylation sites (N-methyl/N-ethyl adjacent to an activating group) is 1. The first kappa shape index (κ1) is 13.4. The Morgan fingerprint density at radius 1 is 1.06 bits per heavy atom. The van der Waals surface area contributed by atoms with Crippen molar-refractivity contribution in [1.82, 2.24) is 4.90 Å². The minimum absolute atomic E-state index is 0.421. The van der Waals surface area contributed by atoms with E-state index in [1.54, 1.807) is 0 Å². The summed E-state index contributed by atoms with van der Waals surface area (Å²) in [6.07, 6.45) is 11.1. The zero-order chi connectivity index (χ0) is 12.3. The number of nitrogens with zero attached hydrogens (tertiary/aromatic N) is 1. The van der Waals surface area contributed by atoms with Crippen LogP contribution >= 0.6 is 0 Å². The van der Waals surface area contributed by atoms with Crippen LogP contribution in [0.15, 0.2) is 0 Å². The van der Waals surface area contributed by atoms with Gasteiger partial charge in [-0.1, -0.05) is 26.2 Å². The molecule has 0 aliphatic heterocycles. The van der Waals surface area contributed by atoms with Crippen molar-refractivity contribution < 1.29 is 0 Å². The molecule has 3 unspecified atom stereocenters. The van der Waals surface area contributed by atoms with E-state index in [0.29, 0.717) is 12.1 Å². The highest BCUT2D eigenvalue weighted by Gasteiger charge is 2.31. The van der Waals surface area contributed by atoms with Crippen LogP contribution in [-0.2, 0) is 0 Å². The smallest absolute Gasteiger partial charge is 0.0246 e. The highest BCUT2D eigenvalue weighted by Crippen LogP contribution is 2.31. The predicted molar refractivity (Wildman–Crippen MR) is 74.0 cm³/mol. The van der Waals surface area contributed by atoms with Crippen molar-refractivity contribution in [3.63, 3.8) is 0 Å². The van der Waals surface area contributed by atoms with Gasteiger partial charge < -0.3 is 10.6 Å². The van der Waals surface area contributed by atoms with Gasteiger partial charge in [-0.2, -0.15) is 0 Å². The Labute approximate surface area is 107 Å². The van der Waals surface area contributed by atoms with E-state index in [4.69, 9.17) is 5.73 Å². The van der Waals surface area contributed by atoms with E-state index in [-0.39, 0.29) is 0 Å². The van der Waals surface area contributed by atoms with Crippen LogP contribution < -0.4 is 5.73 Å². The molecule has 2 N–H and O–H groups in total. The molecule has 0 heterocycles. The van der Waals surface area contributed by atoms with Gasteiger partial charge in [-0.15, -0.1) is 0 Å². The molecule has 0 saturated heterocycles. The second kappa shape index (κ2) is 6.19. The molecule has 100 valence electrons. The van der Waals surface area contributed by atoms with Crippen LogP contribution in [0.1, 0.15) is 58.3 Å². The van der Waals surface area contributed by atoms with Gasteiger partial charge >= 0.3 is 0 Å². The van der Waals surface area contributed by atoms with Crippen LogP contribution in [-0.4, -0.2) is 30.6 Å². The summed E-state index contributed by atoms with van der Waals surface area (Å²) in [6.45, 7) is 3.62. The topological polar surface area (TPSA) is 29.3 Å². The van der Waals surface area contributed by atoms with E-state index >= 15 is 0 Å². The quantitative estimate of drug-likeness (QED) is 0.816. The van der Waals surface area contributed by atoms with E-state index in [9.17, 15) is 0 Å². The molecular weight excluding hydrogens is 208 g/mol. The summed E-state index contributed by atoms with van der Waals surface area (Å²) in [4.78, 5) is 2.59. The summed E-state index contributed by atoms with van der Waals surface area (Å²) in [5, 5.41) is 0. The minimum Gasteiger partial charge on any atom is -0.326 e. The maximum absolute atomic E-state index is 6.33. The molecule has 0 amide bonds. The van der Waals surface area contributed by atoms with Crippen molar-refractivity contribution in [2.45, 2.75) is 70.4 Å². The van der Waals surface area contributed by atoms with Gasteiger partial charge in [-0.05, 0) is 51.0 Å². The fourth-order valence-electron chi connectivity index (χ4n) is 3.87. The first-order valence-electron chi connectivity index (χ1n) is 7.66. The highest BCUT2D eigenvalue weighted by atomic mass is 15.1. The van der Waals surface area contributed by atoms with Crippen LogP contribution in [0.5, 0.6) is 0 Å². The third-order valence-electron chi connectivity index (χ3n) is 5.14. The molecule has 0 aromatic heterocycles. The van der Waals surface area contributed by atoms with Crippen molar-refractivity contribution in [2.24, 2.45) is 17.6 Å². The summed E-state index contributed by atoms with van der Waals surface area (Å²) in [7, 11) is 2.31. The number of hydrogen-bond acceptors (Lipinski definition) is 2. The summed E-state index contributed by atoms with van der Waals surface area (Å²) in [5.74, 6) is 1.88. The summed E-state index contributed by atoms with van der Waals surface area (Å²) >= 11 is 0. The Balaban J connectivity index is 1.84. The normalized spacial score (nSPS) is 35.6. The van der Waals surface area contributed by atoms with Gasteiger partial charge in [-0.25, -0.2) is 0 Å². The molecule has 0 radical (unpaired) electrons. The molecule has 2 rings (SSSR count). The standard InChI is InChI=1S/C15H30N2/c1-3-12-8-9-14(16)15(10-12)17(2)11-13-6-4-5-7-13/h12-15H,3-11,16H2,1-2H3. The zero-order valence-electron chi connectivity index (χ0n) is 11.7. The molecule has 2 aliphatic carbocycles. The highest BCUT2D eigenvalue weighted by molar-refractivity contribution is 4.89. The molecular formula is C15H30N2. The number of rotatable bonds is 4. The lowest BCUT2D eigenvalue weighted by Crippen LogP contribution is -2.50. The molecule has 17 heavy (non-hydrogen) atoms. The van der Waals surface area contributed by atoms with Crippen LogP contribution in [0, 0.1) is 11.8 Å². The second-order valence-electron chi connectivity index (χ2n) is 6.41. The summed E-state index contributed by atoms with van der Waals surface area (Å²) < 4.78 is 0. The van der Waals surface area contributed by atoms with Gasteiger partial charge in [0.1, 0.15) is 0 Å². The molecule has 0 bridgehead atoms. The molecule has 3 atom stereocenters. The van der Waals surface area contributed by atoms with Crippen molar-refractivity contribution in [2.75, 3.05) is 13.6 Å². The first-order chi connectivity index (χ1) is 8.20. The average molecular weight is 238 g/mol. The van der Waals surface area contributed by atoms with E-state index in [0.717, 1.165) is 11.8 Å². The summed E-state index contributed by atoms with van der Waals surface area (Å²) in [6, 6.07) is 1.07. The van der Waals surface area contributed by atoms with Crippen molar-refractivity contribution in [1.29, 1.82) is 0 Å². The first-order valence-corrected chi connectivity index (χ1v) is 7.66. The molecule has 2 nitrogen and oxygen atoms in total. The van der Waals surface area contributed by atoms with Gasteiger partial charge in [0, 0.05) is 18.6 Å². The van der Waals surface area contributed by atoms with E-state index in [1.807, 2.05) is 0 Å². The van der Waals surface area contributed by atoms with E-state index < -0.39 is 0 Å². The van der Waals surface area contributed by atoms with Crippen molar-refractivity contribution in [3.8, 4) is 0 Å². The molecule has 2 saturated carbocycles. The van der Waals surface area contributed by atoms with Crippen LogP contribution in [0.4, 0.5) is 0 Å². The zero-order valence-corrected chi connectivity index (χ0v) is 11.7. The van der Waals surface area contributed by atoms with Gasteiger partial charge in [0.2, 0.25) is 0 Å². The minimum atomic E-state index is 0.421. The lowest BCUT2D eigenvalue weighted by molar-refractivity contribution is 0.119. The summed E-state index contributed by atoms with van der Waals surface area (Å²) in [5.41, 5.74) is 6.33. The Bertz CT molecular complexity index is 223. The van der Waals surface area contributed by atoms with Gasteiger partial charge in [0.05, 0.1) is 0 Å². The molecule has 2 aliphatic rings. The third kappa shape index (κ3) is 3.45. The fourth-order valence-corrected chi connectivity index (χ4v) is 3.87. The lowest BCUT2D eigenvalue weighted by atomic mass is 9.80. The lowest BCUT2D eigenvalue weighted by Gasteiger charge is -2.40. The van der Waals surface area contributed by atoms with Crippen LogP contribution in [0.2, 0.25) is 0 Å². The second-order valence-corrected chi connectivity index (χ2v) is 6.41. The fraction of sp³-hybridized carbons (Fsp3) is 1.00. The third-order valence-corrected chi connectivity index (χ3v) is 5.14. The SMILES string of the molecule is CCC1CCC(N)C(N(C)CC2CCCC2)C1. The Morgan fingerprint density at radius 2 is 1.76 bits per heavy atom. The van der Waals surface area contributed by atoms with Gasteiger partial charge in [0.25, 0.3) is 0 Å². The van der Waals surface area contributed by atoms with Gasteiger partial charge in [0.15, 0.2) is 0 Å². The Hall–Kier alpha value is -0.0800. The largest absolute Gasteiger partial charge is 0.326 e. The van der Waals surface area contributed by atoms with Gasteiger partial charge in [-0.3, -0.25) is 0 Å². The number of nitrogens with two attached hydrogens (primary N) is 1. The van der Waals surface area contributed by atoms with Crippen LogP contribution in [0.3, 0.4) is 0 Å². The monoisotopic (exact) mass is 238 g/mol. The molecule has 0 aromatic carbocycles. The molecule has 2 fully saturated rings. The van der Waals surface area contributed by atoms with Crippen LogP contribution in [0.25, 0.3) is 0 Å². The van der Waals surface area contributed by atoms with Crippen molar-refractivity contribution >= 4 is 0 Å². The van der Waals surface area contributed by atoms with E-state index in [2.05, 4.69) is 18.9 Å². The van der Waals surface area contributed by atoms with Crippen molar-refractivity contribution in [3.05, 3.63) is 0 Å². The maximum Gasteiger partial charge on any atom is 0.0246 e.